The summed E-state index contributed by atoms with van der Waals surface area (Å²) in [6.45, 7) is 4.22. The molecule has 0 aliphatic carbocycles. The van der Waals surface area contributed by atoms with Gasteiger partial charge in [0, 0.05) is 32.7 Å². The van der Waals surface area contributed by atoms with E-state index >= 15 is 0 Å². The van der Waals surface area contributed by atoms with Crippen LogP contribution in [0.3, 0.4) is 0 Å². The van der Waals surface area contributed by atoms with Crippen molar-refractivity contribution in [1.29, 1.82) is 0 Å². The average molecular weight is 327 g/mol. The standard InChI is InChI=1S/C14H21N3O4S/c18-12(11-1-8-22-10-11)9-16-14(20)13(19)15-2-3-17-4-6-21-7-5-17/h1,8,10,12,18H,2-7,9H2,(H,15,19)(H,16,20). The summed E-state index contributed by atoms with van der Waals surface area (Å²) < 4.78 is 5.23. The molecule has 1 aromatic heterocycles. The maximum absolute atomic E-state index is 11.6. The van der Waals surface area contributed by atoms with Crippen molar-refractivity contribution < 1.29 is 19.4 Å². The Morgan fingerprint density at radius 2 is 2.05 bits per heavy atom. The molecule has 1 aliphatic heterocycles. The van der Waals surface area contributed by atoms with Gasteiger partial charge >= 0.3 is 11.8 Å². The van der Waals surface area contributed by atoms with E-state index in [0.717, 1.165) is 18.7 Å². The molecule has 8 heteroatoms. The van der Waals surface area contributed by atoms with Crippen molar-refractivity contribution in [2.75, 3.05) is 45.9 Å². The van der Waals surface area contributed by atoms with Crippen molar-refractivity contribution in [1.82, 2.24) is 15.5 Å². The Balaban J connectivity index is 1.61. The Bertz CT molecular complexity index is 474. The highest BCUT2D eigenvalue weighted by Gasteiger charge is 2.16. The third-order valence-electron chi connectivity index (χ3n) is 3.41. The Kier molecular flexibility index (Phi) is 6.78. The minimum atomic E-state index is -0.795. The minimum absolute atomic E-state index is 0.0203. The number of ether oxygens (including phenoxy) is 1. The van der Waals surface area contributed by atoms with Crippen LogP contribution in [-0.4, -0.2) is 67.8 Å². The fraction of sp³-hybridized carbons (Fsp3) is 0.571. The highest BCUT2D eigenvalue weighted by molar-refractivity contribution is 7.07. The average Bonchev–Trinajstić information content (AvgIpc) is 3.07. The van der Waals surface area contributed by atoms with E-state index in [4.69, 9.17) is 4.74 Å². The maximum Gasteiger partial charge on any atom is 0.309 e. The number of hydrogen-bond acceptors (Lipinski definition) is 6. The number of thiophene rings is 1. The number of nitrogens with zero attached hydrogens (tertiary/aromatic N) is 1. The van der Waals surface area contributed by atoms with Crippen LogP contribution in [0.5, 0.6) is 0 Å². The molecule has 1 aromatic rings. The first-order chi connectivity index (χ1) is 10.7. The molecular formula is C14H21N3O4S. The molecule has 3 N–H and O–H groups in total. The number of nitrogens with one attached hydrogen (secondary N) is 2. The quantitative estimate of drug-likeness (QED) is 0.604. The summed E-state index contributed by atoms with van der Waals surface area (Å²) in [5, 5.41) is 18.5. The van der Waals surface area contributed by atoms with Gasteiger partial charge in [0.05, 0.1) is 19.3 Å². The minimum Gasteiger partial charge on any atom is -0.387 e. The van der Waals surface area contributed by atoms with E-state index in [-0.39, 0.29) is 6.54 Å². The lowest BCUT2D eigenvalue weighted by Gasteiger charge is -2.26. The fourth-order valence-electron chi connectivity index (χ4n) is 2.08. The molecule has 1 atom stereocenters. The lowest BCUT2D eigenvalue weighted by atomic mass is 10.2. The molecule has 2 rings (SSSR count). The van der Waals surface area contributed by atoms with Crippen LogP contribution in [-0.2, 0) is 14.3 Å². The van der Waals surface area contributed by atoms with Crippen LogP contribution < -0.4 is 10.6 Å². The SMILES string of the molecule is O=C(NCCN1CCOCC1)C(=O)NCC(O)c1ccsc1. The van der Waals surface area contributed by atoms with Crippen LogP contribution in [0.15, 0.2) is 16.8 Å². The smallest absolute Gasteiger partial charge is 0.309 e. The van der Waals surface area contributed by atoms with Crippen LogP contribution in [0.2, 0.25) is 0 Å². The summed E-state index contributed by atoms with van der Waals surface area (Å²) in [5.74, 6) is -1.40. The summed E-state index contributed by atoms with van der Waals surface area (Å²) >= 11 is 1.47. The summed E-state index contributed by atoms with van der Waals surface area (Å²) in [5.41, 5.74) is 0.734. The van der Waals surface area contributed by atoms with E-state index in [1.807, 2.05) is 5.38 Å². The molecule has 0 aromatic carbocycles. The molecule has 7 nitrogen and oxygen atoms in total. The van der Waals surface area contributed by atoms with E-state index < -0.39 is 17.9 Å². The van der Waals surface area contributed by atoms with E-state index in [2.05, 4.69) is 15.5 Å². The number of carbonyl (C=O) groups excluding carboxylic acids is 2. The van der Waals surface area contributed by atoms with Crippen molar-refractivity contribution in [3.05, 3.63) is 22.4 Å². The van der Waals surface area contributed by atoms with E-state index in [0.29, 0.717) is 26.3 Å². The molecule has 2 heterocycles. The number of morpholine rings is 1. The van der Waals surface area contributed by atoms with Gasteiger partial charge in [0.15, 0.2) is 0 Å². The Morgan fingerprint density at radius 1 is 1.32 bits per heavy atom. The summed E-state index contributed by atoms with van der Waals surface area (Å²) in [6.07, 6.45) is -0.795. The van der Waals surface area contributed by atoms with Gasteiger partial charge in [0.25, 0.3) is 0 Å². The largest absolute Gasteiger partial charge is 0.387 e. The predicted molar refractivity (Wildman–Crippen MR) is 82.6 cm³/mol. The zero-order chi connectivity index (χ0) is 15.8. The molecule has 122 valence electrons. The van der Waals surface area contributed by atoms with Gasteiger partial charge in [-0.2, -0.15) is 11.3 Å². The Labute approximate surface area is 133 Å². The van der Waals surface area contributed by atoms with Gasteiger partial charge in [0.1, 0.15) is 0 Å². The second kappa shape index (κ2) is 8.84. The van der Waals surface area contributed by atoms with Crippen molar-refractivity contribution in [3.8, 4) is 0 Å². The first-order valence-electron chi connectivity index (χ1n) is 7.23. The maximum atomic E-state index is 11.6. The van der Waals surface area contributed by atoms with Crippen LogP contribution >= 0.6 is 11.3 Å². The van der Waals surface area contributed by atoms with Gasteiger partial charge in [-0.3, -0.25) is 14.5 Å². The van der Waals surface area contributed by atoms with Crippen molar-refractivity contribution in [3.63, 3.8) is 0 Å². The van der Waals surface area contributed by atoms with Gasteiger partial charge in [-0.15, -0.1) is 0 Å². The molecule has 0 radical (unpaired) electrons. The van der Waals surface area contributed by atoms with Crippen LogP contribution in [0, 0.1) is 0 Å². The van der Waals surface area contributed by atoms with E-state index in [1.54, 1.807) is 11.4 Å². The van der Waals surface area contributed by atoms with Crippen molar-refractivity contribution in [2.24, 2.45) is 0 Å². The second-order valence-corrected chi connectivity index (χ2v) is 5.77. The lowest BCUT2D eigenvalue weighted by Crippen LogP contribution is -2.45. The summed E-state index contributed by atoms with van der Waals surface area (Å²) in [6, 6.07) is 1.78. The second-order valence-electron chi connectivity index (χ2n) is 4.99. The van der Waals surface area contributed by atoms with Crippen molar-refractivity contribution >= 4 is 23.2 Å². The molecule has 1 aliphatic rings. The summed E-state index contributed by atoms with van der Waals surface area (Å²) in [4.78, 5) is 25.4. The molecule has 1 unspecified atom stereocenters. The van der Waals surface area contributed by atoms with Crippen molar-refractivity contribution in [2.45, 2.75) is 6.10 Å². The fourth-order valence-corrected chi connectivity index (χ4v) is 2.79. The molecule has 0 spiro atoms. The van der Waals surface area contributed by atoms with Gasteiger partial charge in [-0.1, -0.05) is 0 Å². The van der Waals surface area contributed by atoms with Crippen LogP contribution in [0.4, 0.5) is 0 Å². The highest BCUT2D eigenvalue weighted by Crippen LogP contribution is 2.14. The Morgan fingerprint density at radius 3 is 2.73 bits per heavy atom. The number of rotatable bonds is 6. The monoisotopic (exact) mass is 327 g/mol. The van der Waals surface area contributed by atoms with Crippen LogP contribution in [0.25, 0.3) is 0 Å². The number of hydrogen-bond donors (Lipinski definition) is 3. The predicted octanol–water partition coefficient (Wildman–Crippen LogP) is -0.654. The third-order valence-corrected chi connectivity index (χ3v) is 4.11. The molecule has 1 fully saturated rings. The first kappa shape index (κ1) is 16.9. The molecule has 0 saturated carbocycles. The zero-order valence-electron chi connectivity index (χ0n) is 12.3. The van der Waals surface area contributed by atoms with Gasteiger partial charge in [-0.05, 0) is 22.4 Å². The first-order valence-corrected chi connectivity index (χ1v) is 8.17. The summed E-state index contributed by atoms with van der Waals surface area (Å²) in [7, 11) is 0. The molecule has 22 heavy (non-hydrogen) atoms. The number of aliphatic hydroxyl groups excluding tert-OH is 1. The third kappa shape index (κ3) is 5.38. The van der Waals surface area contributed by atoms with Gasteiger partial charge in [-0.25, -0.2) is 0 Å². The topological polar surface area (TPSA) is 90.9 Å². The molecule has 0 bridgehead atoms. The number of amides is 2. The zero-order valence-corrected chi connectivity index (χ0v) is 13.1. The number of carbonyl (C=O) groups is 2. The number of aliphatic hydroxyl groups is 1. The molecule has 1 saturated heterocycles. The van der Waals surface area contributed by atoms with Gasteiger partial charge < -0.3 is 20.5 Å². The van der Waals surface area contributed by atoms with Crippen LogP contribution in [0.1, 0.15) is 11.7 Å². The van der Waals surface area contributed by atoms with Gasteiger partial charge in [0.2, 0.25) is 0 Å². The normalized spacial score (nSPS) is 17.0. The lowest BCUT2D eigenvalue weighted by molar-refractivity contribution is -0.139. The Hall–Kier alpha value is -1.48. The van der Waals surface area contributed by atoms with E-state index in [1.165, 1.54) is 11.3 Å². The highest BCUT2D eigenvalue weighted by atomic mass is 32.1. The molecule has 2 amide bonds. The van der Waals surface area contributed by atoms with E-state index in [9.17, 15) is 14.7 Å². The molecular weight excluding hydrogens is 306 g/mol.